The fourth-order valence-corrected chi connectivity index (χ4v) is 3.69. The summed E-state index contributed by atoms with van der Waals surface area (Å²) >= 11 is 1.21. The van der Waals surface area contributed by atoms with Gasteiger partial charge in [0.1, 0.15) is 22.7 Å². The quantitative estimate of drug-likeness (QED) is 0.395. The summed E-state index contributed by atoms with van der Waals surface area (Å²) in [4.78, 5) is 47.3. The molecule has 8 nitrogen and oxygen atoms in total. The van der Waals surface area contributed by atoms with E-state index >= 15 is 0 Å². The number of aromatic amines is 1. The predicted octanol–water partition coefficient (Wildman–Crippen LogP) is 1.37. The van der Waals surface area contributed by atoms with Gasteiger partial charge >= 0.3 is 5.69 Å². The van der Waals surface area contributed by atoms with Crippen molar-refractivity contribution in [2.75, 3.05) is 11.5 Å². The number of benzene rings is 1. The van der Waals surface area contributed by atoms with Crippen molar-refractivity contribution in [1.29, 1.82) is 0 Å². The number of anilines is 1. The number of para-hydroxylation sites is 1. The average Bonchev–Trinajstić information content (AvgIpc) is 3.44. The highest BCUT2D eigenvalue weighted by molar-refractivity contribution is 8.00. The molecule has 1 fully saturated rings. The number of nitrogen functional groups attached to an aromatic ring is 1. The Bertz CT molecular complexity index is 1130. The number of carbonyl (C=O) groups excluding carboxylic acids is 1. The van der Waals surface area contributed by atoms with Crippen molar-refractivity contribution in [1.82, 2.24) is 19.5 Å². The molecule has 0 saturated heterocycles. The molecule has 0 unspecified atom stereocenters. The Hall–Kier alpha value is -2.94. The molecule has 2 heterocycles. The molecule has 3 N–H and O–H groups in total. The number of hydrogen-bond acceptors (Lipinski definition) is 7. The highest BCUT2D eigenvalue weighted by atomic mass is 32.2. The van der Waals surface area contributed by atoms with E-state index in [-0.39, 0.29) is 23.2 Å². The first-order valence-electron chi connectivity index (χ1n) is 8.06. The minimum Gasteiger partial charge on any atom is -0.384 e. The number of hydrogen-bond donors (Lipinski definition) is 2. The van der Waals surface area contributed by atoms with Gasteiger partial charge in [-0.05, 0) is 18.9 Å². The minimum absolute atomic E-state index is 0.0167. The van der Waals surface area contributed by atoms with E-state index in [9.17, 15) is 14.4 Å². The Morgan fingerprint density at radius 1 is 1.27 bits per heavy atom. The lowest BCUT2D eigenvalue weighted by Gasteiger charge is -2.11. The normalized spacial score (nSPS) is 13.8. The molecule has 0 atom stereocenters. The number of ketones is 1. The number of nitrogens with two attached hydrogens (primary N) is 1. The van der Waals surface area contributed by atoms with Crippen molar-refractivity contribution in [2.24, 2.45) is 0 Å². The summed E-state index contributed by atoms with van der Waals surface area (Å²) in [7, 11) is 0. The summed E-state index contributed by atoms with van der Waals surface area (Å²) in [6.07, 6.45) is 3.06. The molecular formula is C17H15N5O3S. The van der Waals surface area contributed by atoms with Crippen LogP contribution in [0.5, 0.6) is 0 Å². The Balaban J connectivity index is 1.64. The third kappa shape index (κ3) is 2.90. The second kappa shape index (κ2) is 6.41. The molecule has 1 aliphatic carbocycles. The maximum Gasteiger partial charge on any atom is 0.330 e. The number of fused-ring (bicyclic) bond motifs is 1. The van der Waals surface area contributed by atoms with Crippen LogP contribution in [0.2, 0.25) is 0 Å². The zero-order chi connectivity index (χ0) is 18.3. The lowest BCUT2D eigenvalue weighted by Crippen LogP contribution is -2.36. The molecule has 2 aromatic heterocycles. The van der Waals surface area contributed by atoms with E-state index < -0.39 is 17.0 Å². The van der Waals surface area contributed by atoms with Gasteiger partial charge in [0, 0.05) is 11.4 Å². The average molecular weight is 369 g/mol. The number of rotatable bonds is 5. The Morgan fingerprint density at radius 2 is 2.04 bits per heavy atom. The Kier molecular flexibility index (Phi) is 4.08. The molecule has 0 bridgehead atoms. The van der Waals surface area contributed by atoms with Crippen molar-refractivity contribution in [3.63, 3.8) is 0 Å². The third-order valence-electron chi connectivity index (χ3n) is 4.22. The Labute approximate surface area is 151 Å². The first-order chi connectivity index (χ1) is 12.6. The van der Waals surface area contributed by atoms with Crippen molar-refractivity contribution in [3.05, 3.63) is 57.0 Å². The molecule has 4 rings (SSSR count). The number of Topliss-reactive ketones (excluding diaryl/α,β-unsaturated/α-hetero) is 1. The molecule has 9 heteroatoms. The summed E-state index contributed by atoms with van der Waals surface area (Å²) in [5.74, 6) is -0.512. The van der Waals surface area contributed by atoms with Crippen LogP contribution in [0.3, 0.4) is 0 Å². The highest BCUT2D eigenvalue weighted by Gasteiger charge is 2.30. The molecule has 26 heavy (non-hydrogen) atoms. The van der Waals surface area contributed by atoms with Gasteiger partial charge in [-0.2, -0.15) is 0 Å². The Morgan fingerprint density at radius 3 is 2.81 bits per heavy atom. The first-order valence-corrected chi connectivity index (χ1v) is 9.05. The van der Waals surface area contributed by atoms with Crippen molar-refractivity contribution < 1.29 is 4.79 Å². The van der Waals surface area contributed by atoms with Crippen LogP contribution in [-0.2, 0) is 0 Å². The van der Waals surface area contributed by atoms with Crippen LogP contribution >= 0.6 is 11.8 Å². The number of nitrogens with one attached hydrogen (secondary N) is 1. The van der Waals surface area contributed by atoms with E-state index in [0.717, 1.165) is 23.7 Å². The second-order valence-corrected chi connectivity index (χ2v) is 6.99. The van der Waals surface area contributed by atoms with Crippen molar-refractivity contribution in [2.45, 2.75) is 23.9 Å². The number of carbonyl (C=O) groups is 1. The number of nitrogens with zero attached hydrogens (tertiary/aromatic N) is 3. The molecule has 0 spiro atoms. The van der Waals surface area contributed by atoms with Gasteiger partial charge in [0.15, 0.2) is 5.78 Å². The monoisotopic (exact) mass is 369 g/mol. The summed E-state index contributed by atoms with van der Waals surface area (Å²) in [6.45, 7) is 0. The molecule has 1 saturated carbocycles. The van der Waals surface area contributed by atoms with Crippen LogP contribution in [0.1, 0.15) is 29.2 Å². The highest BCUT2D eigenvalue weighted by Crippen LogP contribution is 2.35. The molecular weight excluding hydrogens is 354 g/mol. The van der Waals surface area contributed by atoms with Crippen LogP contribution < -0.4 is 17.0 Å². The summed E-state index contributed by atoms with van der Waals surface area (Å²) in [5.41, 5.74) is 5.27. The molecule has 3 aromatic rings. The smallest absolute Gasteiger partial charge is 0.330 e. The second-order valence-electron chi connectivity index (χ2n) is 6.03. The summed E-state index contributed by atoms with van der Waals surface area (Å²) < 4.78 is 1.30. The standard InChI is InChI=1S/C17H15N5O3S/c18-14-13(15(24)21-17(25)22(14)9-5-6-9)12(23)7-26-16-10-3-1-2-4-11(10)19-8-20-16/h1-4,8-9H,5-7,18H2,(H,21,24,25). The predicted molar refractivity (Wildman–Crippen MR) is 98.6 cm³/mol. The number of H-pyrrole nitrogens is 1. The molecule has 0 amide bonds. The lowest BCUT2D eigenvalue weighted by molar-refractivity contribution is 0.102. The SMILES string of the molecule is Nc1c(C(=O)CSc2ncnc3ccccc23)c(=O)[nH]c(=O)n1C1CC1. The van der Waals surface area contributed by atoms with Crippen molar-refractivity contribution >= 4 is 34.3 Å². The molecule has 1 aliphatic rings. The van der Waals surface area contributed by atoms with E-state index in [1.807, 2.05) is 24.3 Å². The molecule has 0 aliphatic heterocycles. The van der Waals surface area contributed by atoms with Crippen LogP contribution in [0.4, 0.5) is 5.82 Å². The van der Waals surface area contributed by atoms with Crippen LogP contribution in [-0.4, -0.2) is 31.1 Å². The fraction of sp³-hybridized carbons (Fsp3) is 0.235. The topological polar surface area (TPSA) is 124 Å². The maximum atomic E-state index is 12.6. The lowest BCUT2D eigenvalue weighted by atomic mass is 10.2. The number of aromatic nitrogens is 4. The van der Waals surface area contributed by atoms with E-state index in [4.69, 9.17) is 5.73 Å². The minimum atomic E-state index is -0.748. The molecule has 0 radical (unpaired) electrons. The third-order valence-corrected chi connectivity index (χ3v) is 5.22. The number of thioether (sulfide) groups is 1. The fourth-order valence-electron chi connectivity index (χ4n) is 2.83. The largest absolute Gasteiger partial charge is 0.384 e. The summed E-state index contributed by atoms with van der Waals surface area (Å²) in [6, 6.07) is 7.43. The van der Waals surface area contributed by atoms with Gasteiger partial charge in [0.25, 0.3) is 5.56 Å². The zero-order valence-corrected chi connectivity index (χ0v) is 14.5. The molecule has 1 aromatic carbocycles. The maximum absolute atomic E-state index is 12.6. The van der Waals surface area contributed by atoms with Gasteiger partial charge in [0.2, 0.25) is 0 Å². The van der Waals surface area contributed by atoms with E-state index in [2.05, 4.69) is 15.0 Å². The van der Waals surface area contributed by atoms with Crippen LogP contribution in [0, 0.1) is 0 Å². The van der Waals surface area contributed by atoms with E-state index in [1.54, 1.807) is 0 Å². The van der Waals surface area contributed by atoms with Gasteiger partial charge < -0.3 is 5.73 Å². The molecule has 132 valence electrons. The summed E-state index contributed by atoms with van der Waals surface area (Å²) in [5, 5.41) is 1.48. The van der Waals surface area contributed by atoms with E-state index in [0.29, 0.717) is 5.03 Å². The van der Waals surface area contributed by atoms with Gasteiger partial charge in [-0.15, -0.1) is 0 Å². The zero-order valence-electron chi connectivity index (χ0n) is 13.6. The van der Waals surface area contributed by atoms with Crippen LogP contribution in [0.25, 0.3) is 10.9 Å². The van der Waals surface area contributed by atoms with E-state index in [1.165, 1.54) is 22.7 Å². The van der Waals surface area contributed by atoms with Crippen LogP contribution in [0.15, 0.2) is 45.2 Å². The van der Waals surface area contributed by atoms with Crippen molar-refractivity contribution in [3.8, 4) is 0 Å². The van der Waals surface area contributed by atoms with Gasteiger partial charge in [-0.3, -0.25) is 19.1 Å². The first kappa shape index (κ1) is 16.5. The van der Waals surface area contributed by atoms with Gasteiger partial charge in [-0.25, -0.2) is 14.8 Å². The van der Waals surface area contributed by atoms with Gasteiger partial charge in [-0.1, -0.05) is 30.0 Å². The van der Waals surface area contributed by atoms with Gasteiger partial charge in [0.05, 0.1) is 11.3 Å².